The Hall–Kier alpha value is -2.77. The number of pyridine rings is 1. The standard InChI is InChI=1S/C16H18N4O4/c1-8(2)13-11-5-10(6-17-15(11)24-19-13)16(21)22-7-12-18-14(9(3)4)20-23-12/h5-6,8-9H,7H2,1-4H3. The molecular formula is C16H18N4O4. The third-order valence-corrected chi connectivity index (χ3v) is 3.47. The summed E-state index contributed by atoms with van der Waals surface area (Å²) >= 11 is 0. The predicted octanol–water partition coefficient (Wildman–Crippen LogP) is 3.21. The van der Waals surface area contributed by atoms with E-state index in [2.05, 4.69) is 20.3 Å². The molecule has 3 aromatic rings. The Kier molecular flexibility index (Phi) is 4.28. The molecule has 0 bridgehead atoms. The lowest BCUT2D eigenvalue weighted by Crippen LogP contribution is -2.06. The smallest absolute Gasteiger partial charge is 0.340 e. The van der Waals surface area contributed by atoms with Gasteiger partial charge in [-0.05, 0) is 12.0 Å². The van der Waals surface area contributed by atoms with Crippen molar-refractivity contribution in [1.29, 1.82) is 0 Å². The average molecular weight is 330 g/mol. The number of carbonyl (C=O) groups is 1. The Bertz CT molecular complexity index is 866. The number of hydrogen-bond acceptors (Lipinski definition) is 8. The highest BCUT2D eigenvalue weighted by atomic mass is 16.6. The minimum atomic E-state index is -0.524. The van der Waals surface area contributed by atoms with E-state index in [1.165, 1.54) is 6.20 Å². The lowest BCUT2D eigenvalue weighted by Gasteiger charge is -2.02. The maximum Gasteiger partial charge on any atom is 0.340 e. The van der Waals surface area contributed by atoms with Gasteiger partial charge in [0.05, 0.1) is 16.6 Å². The molecule has 24 heavy (non-hydrogen) atoms. The molecule has 0 fully saturated rings. The summed E-state index contributed by atoms with van der Waals surface area (Å²) in [5.41, 5.74) is 1.47. The largest absolute Gasteiger partial charge is 0.452 e. The molecule has 3 aromatic heterocycles. The molecule has 3 heterocycles. The molecule has 0 aromatic carbocycles. The van der Waals surface area contributed by atoms with Crippen LogP contribution in [0.5, 0.6) is 0 Å². The van der Waals surface area contributed by atoms with E-state index in [1.807, 2.05) is 27.7 Å². The normalized spacial score (nSPS) is 11.6. The highest BCUT2D eigenvalue weighted by Crippen LogP contribution is 2.24. The Morgan fingerprint density at radius 2 is 1.96 bits per heavy atom. The molecule has 0 aliphatic rings. The Morgan fingerprint density at radius 3 is 2.62 bits per heavy atom. The predicted molar refractivity (Wildman–Crippen MR) is 83.4 cm³/mol. The van der Waals surface area contributed by atoms with E-state index < -0.39 is 5.97 Å². The van der Waals surface area contributed by atoms with Gasteiger partial charge in [-0.25, -0.2) is 9.78 Å². The van der Waals surface area contributed by atoms with Crippen molar-refractivity contribution in [1.82, 2.24) is 20.3 Å². The molecule has 0 unspecified atom stereocenters. The number of carbonyl (C=O) groups excluding carboxylic acids is 1. The van der Waals surface area contributed by atoms with Gasteiger partial charge in [-0.1, -0.05) is 38.0 Å². The number of hydrogen-bond donors (Lipinski definition) is 0. The van der Waals surface area contributed by atoms with Crippen molar-refractivity contribution in [3.05, 3.63) is 35.2 Å². The average Bonchev–Trinajstić information content (AvgIpc) is 3.18. The molecule has 8 nitrogen and oxygen atoms in total. The number of nitrogens with zero attached hydrogens (tertiary/aromatic N) is 4. The van der Waals surface area contributed by atoms with Crippen LogP contribution in [0.1, 0.15) is 67.3 Å². The molecule has 0 spiro atoms. The van der Waals surface area contributed by atoms with Crippen LogP contribution in [-0.2, 0) is 11.3 Å². The van der Waals surface area contributed by atoms with Crippen molar-refractivity contribution < 1.29 is 18.6 Å². The van der Waals surface area contributed by atoms with Crippen molar-refractivity contribution in [2.24, 2.45) is 0 Å². The number of esters is 1. The van der Waals surface area contributed by atoms with Crippen LogP contribution in [0.3, 0.4) is 0 Å². The quantitative estimate of drug-likeness (QED) is 0.657. The van der Waals surface area contributed by atoms with E-state index in [0.29, 0.717) is 22.5 Å². The maximum absolute atomic E-state index is 12.2. The van der Waals surface area contributed by atoms with Gasteiger partial charge in [0.25, 0.3) is 11.6 Å². The zero-order valence-electron chi connectivity index (χ0n) is 13.9. The first-order valence-electron chi connectivity index (χ1n) is 7.70. The molecular weight excluding hydrogens is 312 g/mol. The molecule has 0 saturated heterocycles. The Balaban J connectivity index is 1.74. The Labute approximate surface area is 138 Å². The van der Waals surface area contributed by atoms with Gasteiger partial charge in [0.2, 0.25) is 0 Å². The lowest BCUT2D eigenvalue weighted by molar-refractivity contribution is 0.0429. The maximum atomic E-state index is 12.2. The third kappa shape index (κ3) is 3.12. The van der Waals surface area contributed by atoms with Crippen LogP contribution in [0.15, 0.2) is 21.3 Å². The second-order valence-corrected chi connectivity index (χ2v) is 6.08. The summed E-state index contributed by atoms with van der Waals surface area (Å²) in [6, 6.07) is 1.67. The SMILES string of the molecule is CC(C)c1noc(COC(=O)c2cnc3onc(C(C)C)c3c2)n1. The summed E-state index contributed by atoms with van der Waals surface area (Å²) in [5.74, 6) is 0.619. The third-order valence-electron chi connectivity index (χ3n) is 3.47. The van der Waals surface area contributed by atoms with Gasteiger partial charge in [-0.15, -0.1) is 0 Å². The van der Waals surface area contributed by atoms with Gasteiger partial charge in [0.15, 0.2) is 12.4 Å². The van der Waals surface area contributed by atoms with Crippen LogP contribution in [-0.4, -0.2) is 26.3 Å². The van der Waals surface area contributed by atoms with Gasteiger partial charge in [-0.3, -0.25) is 0 Å². The minimum absolute atomic E-state index is 0.0860. The van der Waals surface area contributed by atoms with Crippen LogP contribution in [0.25, 0.3) is 11.1 Å². The van der Waals surface area contributed by atoms with Gasteiger partial charge < -0.3 is 13.8 Å². The van der Waals surface area contributed by atoms with E-state index in [1.54, 1.807) is 6.07 Å². The fourth-order valence-electron chi connectivity index (χ4n) is 2.15. The second kappa shape index (κ2) is 6.38. The van der Waals surface area contributed by atoms with E-state index in [0.717, 1.165) is 5.69 Å². The van der Waals surface area contributed by atoms with Crippen molar-refractivity contribution in [3.8, 4) is 0 Å². The zero-order chi connectivity index (χ0) is 17.3. The van der Waals surface area contributed by atoms with Crippen LogP contribution in [0, 0.1) is 0 Å². The molecule has 0 aliphatic heterocycles. The highest BCUT2D eigenvalue weighted by molar-refractivity contribution is 5.93. The first kappa shape index (κ1) is 16.1. The molecule has 0 saturated carbocycles. The van der Waals surface area contributed by atoms with E-state index >= 15 is 0 Å². The monoisotopic (exact) mass is 330 g/mol. The van der Waals surface area contributed by atoms with Gasteiger partial charge in [-0.2, -0.15) is 4.98 Å². The molecule has 0 radical (unpaired) electrons. The fraction of sp³-hybridized carbons (Fsp3) is 0.438. The number of aromatic nitrogens is 4. The lowest BCUT2D eigenvalue weighted by atomic mass is 10.1. The van der Waals surface area contributed by atoms with Crippen LogP contribution in [0.2, 0.25) is 0 Å². The number of rotatable bonds is 5. The minimum Gasteiger partial charge on any atom is -0.452 e. The van der Waals surface area contributed by atoms with Gasteiger partial charge >= 0.3 is 5.97 Å². The summed E-state index contributed by atoms with van der Waals surface area (Å²) in [5, 5.41) is 8.51. The molecule has 0 atom stereocenters. The molecule has 8 heteroatoms. The van der Waals surface area contributed by atoms with Crippen molar-refractivity contribution in [2.75, 3.05) is 0 Å². The van der Waals surface area contributed by atoms with Crippen molar-refractivity contribution >= 4 is 17.1 Å². The number of fused-ring (bicyclic) bond motifs is 1. The van der Waals surface area contributed by atoms with Crippen LogP contribution < -0.4 is 0 Å². The molecule has 0 aliphatic carbocycles. The van der Waals surface area contributed by atoms with Crippen LogP contribution >= 0.6 is 0 Å². The van der Waals surface area contributed by atoms with Crippen LogP contribution in [0.4, 0.5) is 0 Å². The topological polar surface area (TPSA) is 104 Å². The molecule has 3 rings (SSSR count). The molecule has 0 amide bonds. The fourth-order valence-corrected chi connectivity index (χ4v) is 2.15. The van der Waals surface area contributed by atoms with Gasteiger partial charge in [0.1, 0.15) is 0 Å². The summed E-state index contributed by atoms with van der Waals surface area (Å²) in [7, 11) is 0. The molecule has 126 valence electrons. The first-order chi connectivity index (χ1) is 11.5. The number of ether oxygens (including phenoxy) is 1. The second-order valence-electron chi connectivity index (χ2n) is 6.08. The summed E-state index contributed by atoms with van der Waals surface area (Å²) in [6.07, 6.45) is 1.40. The molecule has 0 N–H and O–H groups in total. The summed E-state index contributed by atoms with van der Waals surface area (Å²) in [4.78, 5) is 20.5. The zero-order valence-corrected chi connectivity index (χ0v) is 13.9. The van der Waals surface area contributed by atoms with Crippen molar-refractivity contribution in [3.63, 3.8) is 0 Å². The highest BCUT2D eigenvalue weighted by Gasteiger charge is 2.17. The summed E-state index contributed by atoms with van der Waals surface area (Å²) < 4.78 is 15.4. The van der Waals surface area contributed by atoms with E-state index in [4.69, 9.17) is 13.8 Å². The van der Waals surface area contributed by atoms with E-state index in [9.17, 15) is 4.79 Å². The summed E-state index contributed by atoms with van der Waals surface area (Å²) in [6.45, 7) is 7.80. The van der Waals surface area contributed by atoms with Gasteiger partial charge in [0, 0.05) is 12.1 Å². The van der Waals surface area contributed by atoms with E-state index in [-0.39, 0.29) is 24.3 Å². The Morgan fingerprint density at radius 1 is 1.17 bits per heavy atom. The first-order valence-corrected chi connectivity index (χ1v) is 7.70. The van der Waals surface area contributed by atoms with Crippen molar-refractivity contribution in [2.45, 2.75) is 46.1 Å².